The zero-order chi connectivity index (χ0) is 20.1. The van der Waals surface area contributed by atoms with E-state index in [9.17, 15) is 0 Å². The van der Waals surface area contributed by atoms with Crippen LogP contribution in [-0.4, -0.2) is 19.0 Å². The van der Waals surface area contributed by atoms with Crippen LogP contribution >= 0.6 is 0 Å². The summed E-state index contributed by atoms with van der Waals surface area (Å²) in [5.74, 6) is 0. The van der Waals surface area contributed by atoms with Crippen molar-refractivity contribution in [3.05, 3.63) is 114 Å². The van der Waals surface area contributed by atoms with Crippen LogP contribution < -0.4 is 4.90 Å². The summed E-state index contributed by atoms with van der Waals surface area (Å²) in [6.45, 7) is 8.44. The molecule has 1 aliphatic heterocycles. The third kappa shape index (κ3) is 4.92. The van der Waals surface area contributed by atoms with E-state index in [1.807, 2.05) is 0 Å². The number of hydrogen-bond acceptors (Lipinski definition) is 2. The minimum Gasteiger partial charge on any atom is -0.378 e. The smallest absolute Gasteiger partial charge is 0.0383 e. The Morgan fingerprint density at radius 3 is 2.25 bits per heavy atom. The molecule has 2 heteroatoms. The zero-order valence-corrected chi connectivity index (χ0v) is 17.2. The number of allylic oxidation sites excluding steroid dienone is 5. The van der Waals surface area contributed by atoms with Gasteiger partial charge in [0.2, 0.25) is 0 Å². The fourth-order valence-electron chi connectivity index (χ4n) is 2.98. The minimum atomic E-state index is 0.955. The Morgan fingerprint density at radius 2 is 1.64 bits per heavy atom. The Hall–Kier alpha value is -3.26. The number of aryl methyl sites for hydroxylation is 1. The molecular formula is C26H28N2. The Labute approximate surface area is 169 Å². The van der Waals surface area contributed by atoms with E-state index in [2.05, 4.69) is 130 Å². The molecule has 142 valence electrons. The molecule has 0 fully saturated rings. The van der Waals surface area contributed by atoms with Crippen LogP contribution in [0.2, 0.25) is 0 Å². The van der Waals surface area contributed by atoms with Crippen molar-refractivity contribution in [1.29, 1.82) is 0 Å². The van der Waals surface area contributed by atoms with Crippen molar-refractivity contribution in [2.45, 2.75) is 13.8 Å². The van der Waals surface area contributed by atoms with E-state index in [4.69, 9.17) is 0 Å². The summed E-state index contributed by atoms with van der Waals surface area (Å²) in [4.78, 5) is 4.17. The predicted molar refractivity (Wildman–Crippen MR) is 123 cm³/mol. The van der Waals surface area contributed by atoms with Crippen LogP contribution in [0.15, 0.2) is 97.0 Å². The van der Waals surface area contributed by atoms with E-state index < -0.39 is 0 Å². The Balaban J connectivity index is 1.68. The van der Waals surface area contributed by atoms with Crippen molar-refractivity contribution < 1.29 is 0 Å². The average molecular weight is 369 g/mol. The van der Waals surface area contributed by atoms with E-state index in [0.29, 0.717) is 0 Å². The van der Waals surface area contributed by atoms with Gasteiger partial charge < -0.3 is 9.80 Å². The Morgan fingerprint density at radius 1 is 0.964 bits per heavy atom. The fraction of sp³-hybridized carbons (Fsp3) is 0.154. The highest BCUT2D eigenvalue weighted by Crippen LogP contribution is 2.22. The normalized spacial score (nSPS) is 14.6. The van der Waals surface area contributed by atoms with E-state index in [-0.39, 0.29) is 0 Å². The maximum Gasteiger partial charge on any atom is 0.0383 e. The Kier molecular flexibility index (Phi) is 6.00. The molecule has 2 nitrogen and oxygen atoms in total. The molecule has 0 aromatic heterocycles. The third-order valence-corrected chi connectivity index (χ3v) is 4.81. The topological polar surface area (TPSA) is 6.48 Å². The molecule has 1 heterocycles. The fourth-order valence-corrected chi connectivity index (χ4v) is 2.98. The first-order valence-electron chi connectivity index (χ1n) is 9.50. The maximum atomic E-state index is 4.21. The number of rotatable bonds is 5. The van der Waals surface area contributed by atoms with Gasteiger partial charge in [0.1, 0.15) is 0 Å². The molecule has 0 unspecified atom stereocenters. The standard InChI is InChI=1S/C26H28N2/c1-20-6-12-25(13-7-20)21(2)19-28-17-16-24(18-22(28)3)9-8-23-10-14-26(15-11-23)27(4)5/h6-19H,3H2,1-2,4-5H3/b9-8+,21-19+. The highest BCUT2D eigenvalue weighted by atomic mass is 15.1. The molecule has 0 N–H and O–H groups in total. The molecule has 0 saturated carbocycles. The number of hydrogen-bond donors (Lipinski definition) is 0. The summed E-state index contributed by atoms with van der Waals surface area (Å²) in [7, 11) is 4.10. The van der Waals surface area contributed by atoms with E-state index in [1.54, 1.807) is 0 Å². The average Bonchev–Trinajstić information content (AvgIpc) is 2.69. The highest BCUT2D eigenvalue weighted by molar-refractivity contribution is 5.65. The summed E-state index contributed by atoms with van der Waals surface area (Å²) in [6, 6.07) is 17.1. The SMILES string of the molecule is C=C1C=C(/C=C/c2ccc(N(C)C)cc2)C=CN1/C=C(\C)c1ccc(C)cc1. The van der Waals surface area contributed by atoms with Gasteiger partial charge in [-0.3, -0.25) is 0 Å². The largest absolute Gasteiger partial charge is 0.378 e. The van der Waals surface area contributed by atoms with Gasteiger partial charge in [-0.2, -0.15) is 0 Å². The van der Waals surface area contributed by atoms with Crippen molar-refractivity contribution in [3.63, 3.8) is 0 Å². The minimum absolute atomic E-state index is 0.955. The van der Waals surface area contributed by atoms with Crippen molar-refractivity contribution in [2.24, 2.45) is 0 Å². The second kappa shape index (κ2) is 8.62. The Bertz CT molecular complexity index is 952. The molecule has 2 aromatic rings. The lowest BCUT2D eigenvalue weighted by Gasteiger charge is -2.21. The van der Waals surface area contributed by atoms with Gasteiger partial charge in [0.25, 0.3) is 0 Å². The molecule has 0 saturated heterocycles. The van der Waals surface area contributed by atoms with Crippen LogP contribution in [0.1, 0.15) is 23.6 Å². The molecule has 1 aliphatic rings. The van der Waals surface area contributed by atoms with E-state index in [0.717, 1.165) is 11.3 Å². The van der Waals surface area contributed by atoms with Crippen LogP contribution in [0.4, 0.5) is 5.69 Å². The van der Waals surface area contributed by atoms with Crippen LogP contribution in [-0.2, 0) is 0 Å². The molecule has 0 radical (unpaired) electrons. The van der Waals surface area contributed by atoms with Gasteiger partial charge in [-0.25, -0.2) is 0 Å². The molecule has 3 rings (SSSR count). The first kappa shape index (κ1) is 19.5. The zero-order valence-electron chi connectivity index (χ0n) is 17.2. The molecule has 2 aromatic carbocycles. The number of benzene rings is 2. The molecular weight excluding hydrogens is 340 g/mol. The summed E-state index contributed by atoms with van der Waals surface area (Å²) in [5, 5.41) is 0. The summed E-state index contributed by atoms with van der Waals surface area (Å²) in [5.41, 5.74) is 8.18. The van der Waals surface area contributed by atoms with Crippen molar-refractivity contribution >= 4 is 17.3 Å². The van der Waals surface area contributed by atoms with Crippen LogP contribution in [0.3, 0.4) is 0 Å². The maximum absolute atomic E-state index is 4.21. The first-order chi connectivity index (χ1) is 13.4. The van der Waals surface area contributed by atoms with Crippen LogP contribution in [0.25, 0.3) is 11.6 Å². The number of nitrogens with zero attached hydrogens (tertiary/aromatic N) is 2. The van der Waals surface area contributed by atoms with E-state index in [1.165, 1.54) is 28.0 Å². The van der Waals surface area contributed by atoms with Gasteiger partial charge in [-0.15, -0.1) is 0 Å². The van der Waals surface area contributed by atoms with Gasteiger partial charge in [-0.05, 0) is 60.4 Å². The van der Waals surface area contributed by atoms with E-state index >= 15 is 0 Å². The van der Waals surface area contributed by atoms with Gasteiger partial charge in [0.05, 0.1) is 0 Å². The molecule has 28 heavy (non-hydrogen) atoms. The predicted octanol–water partition coefficient (Wildman–Crippen LogP) is 6.40. The lowest BCUT2D eigenvalue weighted by Crippen LogP contribution is -2.10. The van der Waals surface area contributed by atoms with Crippen LogP contribution in [0.5, 0.6) is 0 Å². The molecule has 0 aliphatic carbocycles. The molecule has 0 atom stereocenters. The lowest BCUT2D eigenvalue weighted by molar-refractivity contribution is 0.648. The lowest BCUT2D eigenvalue weighted by atomic mass is 10.1. The van der Waals surface area contributed by atoms with Crippen molar-refractivity contribution in [2.75, 3.05) is 19.0 Å². The molecule has 0 bridgehead atoms. The highest BCUT2D eigenvalue weighted by Gasteiger charge is 2.06. The monoisotopic (exact) mass is 368 g/mol. The summed E-state index contributed by atoms with van der Waals surface area (Å²) in [6.07, 6.45) is 12.7. The first-order valence-corrected chi connectivity index (χ1v) is 9.50. The number of anilines is 1. The molecule has 0 spiro atoms. The molecule has 0 amide bonds. The third-order valence-electron chi connectivity index (χ3n) is 4.81. The summed E-state index contributed by atoms with van der Waals surface area (Å²) < 4.78 is 0. The van der Waals surface area contributed by atoms with Crippen molar-refractivity contribution in [1.82, 2.24) is 4.90 Å². The van der Waals surface area contributed by atoms with Crippen molar-refractivity contribution in [3.8, 4) is 0 Å². The van der Waals surface area contributed by atoms with Gasteiger partial charge in [0.15, 0.2) is 0 Å². The second-order valence-corrected chi connectivity index (χ2v) is 7.36. The van der Waals surface area contributed by atoms with Gasteiger partial charge in [0, 0.05) is 37.9 Å². The van der Waals surface area contributed by atoms with Gasteiger partial charge in [-0.1, -0.05) is 60.7 Å². The quantitative estimate of drug-likeness (QED) is 0.602. The van der Waals surface area contributed by atoms with Gasteiger partial charge >= 0.3 is 0 Å². The van der Waals surface area contributed by atoms with Crippen LogP contribution in [0, 0.1) is 6.92 Å². The second-order valence-electron chi connectivity index (χ2n) is 7.36. The summed E-state index contributed by atoms with van der Waals surface area (Å²) >= 11 is 0.